The van der Waals surface area contributed by atoms with E-state index in [1.54, 1.807) is 14.0 Å². The Labute approximate surface area is 115 Å². The zero-order valence-corrected chi connectivity index (χ0v) is 11.9. The molecule has 0 aliphatic carbocycles. The molecule has 104 valence electrons. The molecule has 1 aliphatic rings. The summed E-state index contributed by atoms with van der Waals surface area (Å²) in [6.07, 6.45) is 0.957. The van der Waals surface area contributed by atoms with Crippen molar-refractivity contribution in [2.75, 3.05) is 19.0 Å². The number of rotatable bonds is 4. The zero-order chi connectivity index (χ0) is 14.0. The van der Waals surface area contributed by atoms with Crippen LogP contribution >= 0.6 is 11.8 Å². The number of nitro groups is 1. The van der Waals surface area contributed by atoms with Gasteiger partial charge in [-0.1, -0.05) is 11.8 Å². The predicted molar refractivity (Wildman–Crippen MR) is 72.6 cm³/mol. The van der Waals surface area contributed by atoms with Crippen LogP contribution in [0.3, 0.4) is 0 Å². The van der Waals surface area contributed by atoms with Crippen molar-refractivity contribution < 1.29 is 9.66 Å². The molecule has 8 heteroatoms. The Bertz CT molecular complexity index is 497. The Morgan fingerprint density at radius 1 is 1.53 bits per heavy atom. The molecule has 1 aliphatic heterocycles. The van der Waals surface area contributed by atoms with Crippen LogP contribution < -0.4 is 5.32 Å². The van der Waals surface area contributed by atoms with E-state index in [4.69, 9.17) is 4.74 Å². The maximum absolute atomic E-state index is 11.2. The number of thioether (sulfide) groups is 1. The van der Waals surface area contributed by atoms with Crippen LogP contribution in [0.1, 0.15) is 19.0 Å². The lowest BCUT2D eigenvalue weighted by Crippen LogP contribution is -2.14. The van der Waals surface area contributed by atoms with Gasteiger partial charge in [0.1, 0.15) is 5.69 Å². The van der Waals surface area contributed by atoms with E-state index in [2.05, 4.69) is 15.3 Å². The average molecular weight is 284 g/mol. The number of hydrogen-bond donors (Lipinski definition) is 1. The molecule has 7 nitrogen and oxygen atoms in total. The smallest absolute Gasteiger partial charge is 0.322 e. The molecule has 0 bridgehead atoms. The molecule has 0 spiro atoms. The van der Waals surface area contributed by atoms with Crippen LogP contribution in [0.2, 0.25) is 0 Å². The number of nitrogens with one attached hydrogen (secondary N) is 1. The van der Waals surface area contributed by atoms with Crippen LogP contribution in [0.5, 0.6) is 0 Å². The van der Waals surface area contributed by atoms with E-state index in [1.165, 1.54) is 11.8 Å². The third-order valence-electron chi connectivity index (χ3n) is 3.00. The standard InChI is InChI=1S/C11H16N4O3S/c1-6-9(15(16)17)10(14-11(12-3)13-6)19-8-4-5-18-7(8)2/h7-8H,4-5H2,1-3H3,(H,12,13,14). The third-order valence-corrected chi connectivity index (χ3v) is 4.43. The summed E-state index contributed by atoms with van der Waals surface area (Å²) in [5, 5.41) is 14.6. The topological polar surface area (TPSA) is 90.2 Å². The van der Waals surface area contributed by atoms with Crippen molar-refractivity contribution in [1.29, 1.82) is 0 Å². The van der Waals surface area contributed by atoms with Gasteiger partial charge in [-0.25, -0.2) is 4.98 Å². The number of aryl methyl sites for hydroxylation is 1. The molecule has 2 atom stereocenters. The summed E-state index contributed by atoms with van der Waals surface area (Å²) in [5.41, 5.74) is 0.363. The van der Waals surface area contributed by atoms with Gasteiger partial charge in [-0.2, -0.15) is 4.98 Å². The summed E-state index contributed by atoms with van der Waals surface area (Å²) in [7, 11) is 1.69. The first kappa shape index (κ1) is 14.0. The van der Waals surface area contributed by atoms with Crippen molar-refractivity contribution in [3.8, 4) is 0 Å². The molecule has 2 rings (SSSR count). The van der Waals surface area contributed by atoms with Gasteiger partial charge in [-0.3, -0.25) is 10.1 Å². The first-order chi connectivity index (χ1) is 9.02. The molecule has 1 aromatic heterocycles. The van der Waals surface area contributed by atoms with Gasteiger partial charge in [0.05, 0.1) is 11.0 Å². The van der Waals surface area contributed by atoms with Crippen molar-refractivity contribution in [3.63, 3.8) is 0 Å². The summed E-state index contributed by atoms with van der Waals surface area (Å²) >= 11 is 1.40. The number of ether oxygens (including phenoxy) is 1. The second-order valence-corrected chi connectivity index (χ2v) is 5.54. The number of aromatic nitrogens is 2. The van der Waals surface area contributed by atoms with Crippen molar-refractivity contribution >= 4 is 23.4 Å². The van der Waals surface area contributed by atoms with Crippen molar-refractivity contribution in [3.05, 3.63) is 15.8 Å². The summed E-state index contributed by atoms with van der Waals surface area (Å²) in [6, 6.07) is 0. The SMILES string of the molecule is CNc1nc(C)c([N+](=O)[O-])c(SC2CCOC2C)n1. The van der Waals surface area contributed by atoms with E-state index in [0.717, 1.165) is 6.42 Å². The quantitative estimate of drug-likeness (QED) is 0.513. The second kappa shape index (κ2) is 5.70. The van der Waals surface area contributed by atoms with Gasteiger partial charge < -0.3 is 10.1 Å². The van der Waals surface area contributed by atoms with E-state index in [9.17, 15) is 10.1 Å². The number of hydrogen-bond acceptors (Lipinski definition) is 7. The van der Waals surface area contributed by atoms with E-state index in [0.29, 0.717) is 23.3 Å². The van der Waals surface area contributed by atoms with Crippen LogP contribution in [0.25, 0.3) is 0 Å². The largest absolute Gasteiger partial charge is 0.377 e. The maximum atomic E-state index is 11.2. The molecule has 1 N–H and O–H groups in total. The molecule has 1 saturated heterocycles. The molecule has 2 heterocycles. The normalized spacial score (nSPS) is 22.5. The number of nitrogens with zero attached hydrogens (tertiary/aromatic N) is 3. The molecule has 2 unspecified atom stereocenters. The fraction of sp³-hybridized carbons (Fsp3) is 0.636. The molecule has 0 saturated carbocycles. The molecule has 1 fully saturated rings. The molecule has 0 aromatic carbocycles. The monoisotopic (exact) mass is 284 g/mol. The first-order valence-electron chi connectivity index (χ1n) is 6.02. The minimum Gasteiger partial charge on any atom is -0.377 e. The van der Waals surface area contributed by atoms with Gasteiger partial charge in [0.2, 0.25) is 5.95 Å². The average Bonchev–Trinajstić information content (AvgIpc) is 2.73. The Morgan fingerprint density at radius 2 is 2.26 bits per heavy atom. The molecule has 19 heavy (non-hydrogen) atoms. The lowest BCUT2D eigenvalue weighted by atomic mass is 10.3. The lowest BCUT2D eigenvalue weighted by molar-refractivity contribution is -0.389. The van der Waals surface area contributed by atoms with E-state index in [1.807, 2.05) is 6.92 Å². The minimum absolute atomic E-state index is 0.0110. The van der Waals surface area contributed by atoms with Crippen LogP contribution in [0.4, 0.5) is 11.6 Å². The second-order valence-electron chi connectivity index (χ2n) is 4.31. The first-order valence-corrected chi connectivity index (χ1v) is 6.90. The summed E-state index contributed by atoms with van der Waals surface area (Å²) < 4.78 is 5.48. The molecule has 0 radical (unpaired) electrons. The van der Waals surface area contributed by atoms with Crippen molar-refractivity contribution in [2.45, 2.75) is 36.6 Å². The lowest BCUT2D eigenvalue weighted by Gasteiger charge is -2.13. The van der Waals surface area contributed by atoms with Gasteiger partial charge >= 0.3 is 5.69 Å². The number of anilines is 1. The van der Waals surface area contributed by atoms with Gasteiger partial charge in [-0.15, -0.1) is 0 Å². The highest BCUT2D eigenvalue weighted by molar-refractivity contribution is 8.00. The Morgan fingerprint density at radius 3 is 2.79 bits per heavy atom. The van der Waals surface area contributed by atoms with Crippen LogP contribution in [0, 0.1) is 17.0 Å². The van der Waals surface area contributed by atoms with Gasteiger partial charge in [-0.05, 0) is 20.3 Å². The Balaban J connectivity index is 2.35. The van der Waals surface area contributed by atoms with Crippen LogP contribution in [-0.2, 0) is 4.74 Å². The molecule has 1 aromatic rings. The highest BCUT2D eigenvalue weighted by Gasteiger charge is 2.30. The van der Waals surface area contributed by atoms with Crippen molar-refractivity contribution in [1.82, 2.24) is 9.97 Å². The molecular formula is C11H16N4O3S. The minimum atomic E-state index is -0.419. The Hall–Kier alpha value is -1.41. The fourth-order valence-electron chi connectivity index (χ4n) is 1.96. The van der Waals surface area contributed by atoms with Gasteiger partial charge in [0.15, 0.2) is 5.03 Å². The van der Waals surface area contributed by atoms with Gasteiger partial charge in [0.25, 0.3) is 0 Å². The fourth-order valence-corrected chi connectivity index (χ4v) is 3.20. The van der Waals surface area contributed by atoms with Crippen LogP contribution in [-0.4, -0.2) is 39.9 Å². The van der Waals surface area contributed by atoms with Crippen molar-refractivity contribution in [2.24, 2.45) is 0 Å². The molecule has 0 amide bonds. The van der Waals surface area contributed by atoms with E-state index < -0.39 is 4.92 Å². The van der Waals surface area contributed by atoms with E-state index >= 15 is 0 Å². The highest BCUT2D eigenvalue weighted by atomic mass is 32.2. The summed E-state index contributed by atoms with van der Waals surface area (Å²) in [6.45, 7) is 4.29. The van der Waals surface area contributed by atoms with Crippen LogP contribution in [0.15, 0.2) is 5.03 Å². The highest BCUT2D eigenvalue weighted by Crippen LogP contribution is 2.37. The maximum Gasteiger partial charge on any atom is 0.322 e. The molecular weight excluding hydrogens is 268 g/mol. The summed E-state index contributed by atoms with van der Waals surface area (Å²) in [5.74, 6) is 0.400. The summed E-state index contributed by atoms with van der Waals surface area (Å²) in [4.78, 5) is 19.0. The van der Waals surface area contributed by atoms with E-state index in [-0.39, 0.29) is 17.0 Å². The zero-order valence-electron chi connectivity index (χ0n) is 11.0. The Kier molecular flexibility index (Phi) is 4.20. The van der Waals surface area contributed by atoms with Gasteiger partial charge in [0, 0.05) is 18.9 Å². The predicted octanol–water partition coefficient (Wildman–Crippen LogP) is 2.00. The third kappa shape index (κ3) is 2.95.